The van der Waals surface area contributed by atoms with E-state index in [-0.39, 0.29) is 0 Å². The summed E-state index contributed by atoms with van der Waals surface area (Å²) in [6, 6.07) is 9.54. The molecule has 4 aliphatic carbocycles. The number of hydrogen-bond acceptors (Lipinski definition) is 0. The Kier molecular flexibility index (Phi) is 5.00. The van der Waals surface area contributed by atoms with E-state index in [9.17, 15) is 0 Å². The third kappa shape index (κ3) is 2.93. The Labute approximate surface area is 183 Å². The minimum absolute atomic E-state index is 1.11. The lowest BCUT2D eigenvalue weighted by atomic mass is 10.4. The number of rotatable bonds is 6. The van der Waals surface area contributed by atoms with Crippen LogP contribution in [-0.2, 0) is 0 Å². The first-order valence-corrected chi connectivity index (χ1v) is 16.2. The molecule has 0 N–H and O–H groups in total. The van der Waals surface area contributed by atoms with Gasteiger partial charge in [-0.05, 0) is 25.7 Å². The smallest absolute Gasteiger partial charge is 0.0808 e. The van der Waals surface area contributed by atoms with Crippen LogP contribution in [0.1, 0.15) is 25.7 Å². The van der Waals surface area contributed by atoms with E-state index in [1.807, 2.05) is 0 Å². The average molecular weight is 423 g/mol. The molecule has 0 heterocycles. The van der Waals surface area contributed by atoms with Gasteiger partial charge < -0.3 is 0 Å². The number of benzene rings is 1. The molecule has 0 atom stereocenters. The third-order valence-electron chi connectivity index (χ3n) is 7.66. The second-order valence-corrected chi connectivity index (χ2v) is 17.2. The van der Waals surface area contributed by atoms with Gasteiger partial charge in [0, 0.05) is 0 Å². The highest BCUT2D eigenvalue weighted by Crippen LogP contribution is 2.36. The quantitative estimate of drug-likeness (QED) is 0.496. The highest BCUT2D eigenvalue weighted by Gasteiger charge is 2.45. The Morgan fingerprint density at radius 1 is 0.500 bits per heavy atom. The molecule has 0 radical (unpaired) electrons. The van der Waals surface area contributed by atoms with Gasteiger partial charge >= 0.3 is 0 Å². The molecular weight excluding hydrogens is 392 g/mol. The van der Waals surface area contributed by atoms with E-state index in [1.54, 1.807) is 31.2 Å². The second kappa shape index (κ2) is 7.68. The molecule has 0 bridgehead atoms. The molecule has 0 aromatic heterocycles. The maximum absolute atomic E-state index is 2.61. The fourth-order valence-corrected chi connectivity index (χ4v) is 15.4. The van der Waals surface area contributed by atoms with E-state index >= 15 is 0 Å². The van der Waals surface area contributed by atoms with Crippen molar-refractivity contribution < 1.29 is 0 Å². The van der Waals surface area contributed by atoms with Crippen LogP contribution in [0, 0.1) is 0 Å². The normalized spacial score (nSPS) is 20.1. The van der Waals surface area contributed by atoms with Crippen molar-refractivity contribution in [1.82, 2.24) is 0 Å². The van der Waals surface area contributed by atoms with Gasteiger partial charge in [-0.25, -0.2) is 0 Å². The zero-order valence-corrected chi connectivity index (χ0v) is 20.1. The number of allylic oxidation sites excluding steroid dienone is 16. The van der Waals surface area contributed by atoms with Gasteiger partial charge in [0.1, 0.15) is 16.1 Å². The van der Waals surface area contributed by atoms with Gasteiger partial charge in [0.05, 0.1) is 0 Å². The first kappa shape index (κ1) is 19.5. The van der Waals surface area contributed by atoms with E-state index in [0.717, 1.165) is 25.7 Å². The van der Waals surface area contributed by atoms with Gasteiger partial charge in [-0.15, -0.1) is 0 Å². The standard InChI is InChI=1S/C28H30Si2/c1-29(23-13-3-4-14-23,24-15-5-6-16-24)27-21-11-12-22-28(27)30(2,25-17-7-8-18-25)26-19-9-10-20-26/h3-13,15,17,19,21-22H,14,16,18,20H2,1-2H3. The summed E-state index contributed by atoms with van der Waals surface area (Å²) in [5.74, 6) is 0. The predicted molar refractivity (Wildman–Crippen MR) is 136 cm³/mol. The van der Waals surface area contributed by atoms with Crippen LogP contribution < -0.4 is 10.4 Å². The minimum Gasteiger partial charge on any atom is -0.0808 e. The minimum atomic E-state index is -1.98. The molecule has 0 amide bonds. The van der Waals surface area contributed by atoms with Crippen LogP contribution in [0.3, 0.4) is 0 Å². The molecule has 0 aliphatic heterocycles. The summed E-state index contributed by atoms with van der Waals surface area (Å²) in [6.07, 6.45) is 32.6. The van der Waals surface area contributed by atoms with Crippen molar-refractivity contribution in [2.75, 3.05) is 0 Å². The SMILES string of the molecule is C[Si](C1=CC=CC1)(C1=CC=CC1)c1ccccc1[Si](C)(C1=CC=CC1)C1=CC=CC1. The van der Waals surface area contributed by atoms with Crippen molar-refractivity contribution in [1.29, 1.82) is 0 Å². The maximum Gasteiger partial charge on any atom is 0.137 e. The number of hydrogen-bond donors (Lipinski definition) is 0. The van der Waals surface area contributed by atoms with Crippen molar-refractivity contribution in [3.8, 4) is 0 Å². The molecule has 0 nitrogen and oxygen atoms in total. The first-order chi connectivity index (χ1) is 14.6. The fraction of sp³-hybridized carbons (Fsp3) is 0.214. The fourth-order valence-electron chi connectivity index (χ4n) is 5.73. The van der Waals surface area contributed by atoms with Gasteiger partial charge in [-0.3, -0.25) is 0 Å². The summed E-state index contributed by atoms with van der Waals surface area (Å²) in [4.78, 5) is 0. The Morgan fingerprint density at radius 3 is 1.03 bits per heavy atom. The zero-order chi connectivity index (χ0) is 20.6. The highest BCUT2D eigenvalue weighted by molar-refractivity contribution is 7.10. The predicted octanol–water partition coefficient (Wildman–Crippen LogP) is 5.96. The molecule has 0 saturated heterocycles. The molecule has 1 aromatic carbocycles. The Morgan fingerprint density at radius 2 is 0.800 bits per heavy atom. The summed E-state index contributed by atoms with van der Waals surface area (Å²) in [7, 11) is -3.96. The zero-order valence-electron chi connectivity index (χ0n) is 18.1. The molecule has 0 unspecified atom stereocenters. The van der Waals surface area contributed by atoms with Crippen LogP contribution in [-0.4, -0.2) is 16.1 Å². The molecule has 1 aromatic rings. The average Bonchev–Trinajstić information content (AvgIpc) is 3.61. The monoisotopic (exact) mass is 422 g/mol. The lowest BCUT2D eigenvalue weighted by Crippen LogP contribution is -2.64. The van der Waals surface area contributed by atoms with Crippen molar-refractivity contribution in [2.45, 2.75) is 38.8 Å². The molecular formula is C28H30Si2. The van der Waals surface area contributed by atoms with Gasteiger partial charge in [0.15, 0.2) is 0 Å². The lowest BCUT2D eigenvalue weighted by Gasteiger charge is -2.40. The van der Waals surface area contributed by atoms with Crippen molar-refractivity contribution in [3.63, 3.8) is 0 Å². The second-order valence-electron chi connectivity index (χ2n) is 9.09. The molecule has 150 valence electrons. The summed E-state index contributed by atoms with van der Waals surface area (Å²) in [5.41, 5.74) is 0. The third-order valence-corrected chi connectivity index (χ3v) is 17.6. The summed E-state index contributed by atoms with van der Waals surface area (Å²) < 4.78 is 0. The van der Waals surface area contributed by atoms with Gasteiger partial charge in [-0.2, -0.15) is 0 Å². The Bertz CT molecular complexity index is 966. The largest absolute Gasteiger partial charge is 0.137 e. The van der Waals surface area contributed by atoms with Crippen LogP contribution in [0.15, 0.2) is 118 Å². The van der Waals surface area contributed by atoms with Crippen LogP contribution in [0.5, 0.6) is 0 Å². The summed E-state index contributed by atoms with van der Waals surface area (Å²) >= 11 is 0. The summed E-state index contributed by atoms with van der Waals surface area (Å²) in [6.45, 7) is 5.22. The van der Waals surface area contributed by atoms with Gasteiger partial charge in [0.2, 0.25) is 0 Å². The van der Waals surface area contributed by atoms with Crippen molar-refractivity contribution in [2.24, 2.45) is 0 Å². The molecule has 0 saturated carbocycles. The van der Waals surface area contributed by atoms with Crippen LogP contribution >= 0.6 is 0 Å². The molecule has 5 rings (SSSR count). The molecule has 30 heavy (non-hydrogen) atoms. The van der Waals surface area contributed by atoms with Gasteiger partial charge in [0.25, 0.3) is 0 Å². The van der Waals surface area contributed by atoms with Gasteiger partial charge in [-0.1, -0.05) is 141 Å². The molecule has 0 spiro atoms. The van der Waals surface area contributed by atoms with E-state index in [2.05, 4.69) is 110 Å². The van der Waals surface area contributed by atoms with E-state index in [4.69, 9.17) is 0 Å². The molecule has 2 heteroatoms. The summed E-state index contributed by atoms with van der Waals surface area (Å²) in [5, 5.41) is 9.97. The van der Waals surface area contributed by atoms with Crippen molar-refractivity contribution >= 4 is 26.5 Å². The van der Waals surface area contributed by atoms with E-state index < -0.39 is 16.1 Å². The molecule has 0 fully saturated rings. The Hall–Kier alpha value is -2.43. The lowest BCUT2D eigenvalue weighted by molar-refractivity contribution is 1.30. The van der Waals surface area contributed by atoms with Crippen LogP contribution in [0.25, 0.3) is 0 Å². The topological polar surface area (TPSA) is 0 Å². The van der Waals surface area contributed by atoms with Crippen LogP contribution in [0.2, 0.25) is 13.1 Å². The van der Waals surface area contributed by atoms with Crippen LogP contribution in [0.4, 0.5) is 0 Å². The highest BCUT2D eigenvalue weighted by atomic mass is 28.3. The van der Waals surface area contributed by atoms with E-state index in [1.165, 1.54) is 0 Å². The maximum atomic E-state index is 2.61. The Balaban J connectivity index is 1.73. The van der Waals surface area contributed by atoms with E-state index in [0.29, 0.717) is 0 Å². The molecule has 4 aliphatic rings. The first-order valence-electron chi connectivity index (χ1n) is 11.2. The van der Waals surface area contributed by atoms with Crippen molar-refractivity contribution in [3.05, 3.63) is 118 Å².